The molecule has 0 bridgehead atoms. The lowest BCUT2D eigenvalue weighted by molar-refractivity contribution is 0.0776. The summed E-state index contributed by atoms with van der Waals surface area (Å²) < 4.78 is 14.8. The fourth-order valence-corrected chi connectivity index (χ4v) is 2.94. The van der Waals surface area contributed by atoms with Crippen molar-refractivity contribution in [1.82, 2.24) is 24.8 Å². The van der Waals surface area contributed by atoms with Gasteiger partial charge in [0.15, 0.2) is 5.75 Å². The SMILES string of the molecule is Cc1ncc(CN(C)C(=O)c2cc(C(=O)NCc3ccc(F)cc3)c(O)c(=O)[nH]2)n1C. The maximum absolute atomic E-state index is 13.0. The van der Waals surface area contributed by atoms with Crippen molar-refractivity contribution >= 4 is 11.8 Å². The number of aromatic hydroxyl groups is 1. The minimum atomic E-state index is -0.956. The Morgan fingerprint density at radius 3 is 2.58 bits per heavy atom. The second-order valence-corrected chi connectivity index (χ2v) is 7.10. The third kappa shape index (κ3) is 4.80. The van der Waals surface area contributed by atoms with E-state index in [1.807, 2.05) is 18.5 Å². The smallest absolute Gasteiger partial charge is 0.291 e. The second-order valence-electron chi connectivity index (χ2n) is 7.10. The minimum Gasteiger partial charge on any atom is -0.502 e. The van der Waals surface area contributed by atoms with E-state index in [0.717, 1.165) is 17.6 Å². The first kappa shape index (κ1) is 21.8. The summed E-state index contributed by atoms with van der Waals surface area (Å²) in [5.41, 5.74) is -0.0222. The average molecular weight is 427 g/mol. The van der Waals surface area contributed by atoms with Gasteiger partial charge in [-0.1, -0.05) is 12.1 Å². The summed E-state index contributed by atoms with van der Waals surface area (Å²) in [6, 6.07) is 6.63. The van der Waals surface area contributed by atoms with Crippen molar-refractivity contribution in [2.45, 2.75) is 20.0 Å². The van der Waals surface area contributed by atoms with E-state index in [-0.39, 0.29) is 24.3 Å². The summed E-state index contributed by atoms with van der Waals surface area (Å²) in [4.78, 5) is 45.2. The fraction of sp³-hybridized carbons (Fsp3) is 0.238. The molecule has 1 aromatic carbocycles. The Kier molecular flexibility index (Phi) is 6.19. The van der Waals surface area contributed by atoms with Gasteiger partial charge in [-0.2, -0.15) is 0 Å². The van der Waals surface area contributed by atoms with Crippen molar-refractivity contribution in [3.8, 4) is 5.75 Å². The Morgan fingerprint density at radius 2 is 1.97 bits per heavy atom. The molecule has 3 aromatic rings. The van der Waals surface area contributed by atoms with E-state index < -0.39 is 28.9 Å². The molecule has 0 fully saturated rings. The average Bonchev–Trinajstić information content (AvgIpc) is 3.06. The molecule has 2 aromatic heterocycles. The number of carbonyl (C=O) groups is 2. The molecule has 162 valence electrons. The highest BCUT2D eigenvalue weighted by atomic mass is 19.1. The summed E-state index contributed by atoms with van der Waals surface area (Å²) in [6.45, 7) is 2.11. The highest BCUT2D eigenvalue weighted by molar-refractivity contribution is 6.00. The lowest BCUT2D eigenvalue weighted by Gasteiger charge is -2.18. The monoisotopic (exact) mass is 427 g/mol. The van der Waals surface area contributed by atoms with E-state index in [0.29, 0.717) is 5.56 Å². The minimum absolute atomic E-state index is 0.0500. The quantitative estimate of drug-likeness (QED) is 0.550. The number of rotatable bonds is 6. The Bertz CT molecular complexity index is 1180. The predicted octanol–water partition coefficient (Wildman–Crippen LogP) is 1.46. The number of halogens is 1. The van der Waals surface area contributed by atoms with Crippen LogP contribution >= 0.6 is 0 Å². The van der Waals surface area contributed by atoms with Crippen LogP contribution in [-0.4, -0.2) is 43.4 Å². The molecule has 0 spiro atoms. The molecule has 31 heavy (non-hydrogen) atoms. The zero-order valence-electron chi connectivity index (χ0n) is 17.3. The molecule has 3 N–H and O–H groups in total. The van der Waals surface area contributed by atoms with Crippen LogP contribution in [0.1, 0.15) is 37.9 Å². The van der Waals surface area contributed by atoms with Crippen LogP contribution in [-0.2, 0) is 20.1 Å². The van der Waals surface area contributed by atoms with Crippen LogP contribution in [0.4, 0.5) is 4.39 Å². The Morgan fingerprint density at radius 1 is 1.29 bits per heavy atom. The van der Waals surface area contributed by atoms with E-state index in [1.165, 1.54) is 29.2 Å². The lowest BCUT2D eigenvalue weighted by Crippen LogP contribution is -2.31. The van der Waals surface area contributed by atoms with Crippen molar-refractivity contribution in [2.24, 2.45) is 7.05 Å². The largest absolute Gasteiger partial charge is 0.502 e. The molecule has 2 amide bonds. The first-order chi connectivity index (χ1) is 14.7. The number of H-pyrrole nitrogens is 1. The Labute approximate surface area is 177 Å². The highest BCUT2D eigenvalue weighted by Crippen LogP contribution is 2.15. The van der Waals surface area contributed by atoms with Gasteiger partial charge in [-0.15, -0.1) is 0 Å². The van der Waals surface area contributed by atoms with E-state index in [9.17, 15) is 23.9 Å². The normalized spacial score (nSPS) is 10.7. The summed E-state index contributed by atoms with van der Waals surface area (Å²) in [6.07, 6.45) is 1.65. The molecule has 0 aliphatic carbocycles. The molecule has 0 saturated carbocycles. The number of pyridine rings is 1. The molecule has 0 atom stereocenters. The van der Waals surface area contributed by atoms with E-state index in [2.05, 4.69) is 15.3 Å². The summed E-state index contributed by atoms with van der Waals surface area (Å²) >= 11 is 0. The molecule has 0 aliphatic heterocycles. The van der Waals surface area contributed by atoms with E-state index >= 15 is 0 Å². The number of aromatic nitrogens is 3. The molecule has 9 nitrogen and oxygen atoms in total. The maximum atomic E-state index is 13.0. The number of imidazole rings is 1. The van der Waals surface area contributed by atoms with Gasteiger partial charge in [0.25, 0.3) is 17.4 Å². The van der Waals surface area contributed by atoms with Gasteiger partial charge in [0.1, 0.15) is 17.3 Å². The zero-order valence-corrected chi connectivity index (χ0v) is 17.3. The van der Waals surface area contributed by atoms with Crippen LogP contribution in [0, 0.1) is 12.7 Å². The summed E-state index contributed by atoms with van der Waals surface area (Å²) in [5.74, 6) is -1.70. The zero-order chi connectivity index (χ0) is 22.7. The number of carbonyl (C=O) groups excluding carboxylic acids is 2. The molecule has 0 radical (unpaired) electrons. The summed E-state index contributed by atoms with van der Waals surface area (Å²) in [7, 11) is 3.37. The first-order valence-electron chi connectivity index (χ1n) is 9.39. The molecular weight excluding hydrogens is 405 g/mol. The number of nitrogens with zero attached hydrogens (tertiary/aromatic N) is 3. The van der Waals surface area contributed by atoms with Gasteiger partial charge in [0.2, 0.25) is 0 Å². The fourth-order valence-electron chi connectivity index (χ4n) is 2.94. The molecule has 0 aliphatic rings. The van der Waals surface area contributed by atoms with Crippen molar-refractivity contribution in [2.75, 3.05) is 7.05 Å². The van der Waals surface area contributed by atoms with Crippen LogP contribution in [0.15, 0.2) is 41.3 Å². The summed E-state index contributed by atoms with van der Waals surface area (Å²) in [5, 5.41) is 12.6. The van der Waals surface area contributed by atoms with Crippen LogP contribution in [0.25, 0.3) is 0 Å². The lowest BCUT2D eigenvalue weighted by atomic mass is 10.1. The van der Waals surface area contributed by atoms with E-state index in [4.69, 9.17) is 0 Å². The number of amides is 2. The van der Waals surface area contributed by atoms with Crippen LogP contribution < -0.4 is 10.9 Å². The molecule has 3 rings (SSSR count). The third-order valence-corrected chi connectivity index (χ3v) is 4.91. The predicted molar refractivity (Wildman–Crippen MR) is 110 cm³/mol. The standard InChI is InChI=1S/C21H22FN5O4/c1-12-23-10-15(27(12)3)11-26(2)21(31)17-8-16(18(28)20(30)25-17)19(29)24-9-13-4-6-14(22)7-5-13/h4-8,10,28H,9,11H2,1-3H3,(H,24,29)(H,25,30). The van der Waals surface area contributed by atoms with Crippen LogP contribution in [0.3, 0.4) is 0 Å². The van der Waals surface area contributed by atoms with Gasteiger partial charge in [0.05, 0.1) is 24.0 Å². The molecule has 2 heterocycles. The topological polar surface area (TPSA) is 120 Å². The number of hydrogen-bond acceptors (Lipinski definition) is 5. The molecule has 0 unspecified atom stereocenters. The molecular formula is C21H22FN5O4. The number of nitrogens with one attached hydrogen (secondary N) is 2. The maximum Gasteiger partial charge on any atom is 0.291 e. The Balaban J connectivity index is 1.78. The van der Waals surface area contributed by atoms with Crippen molar-refractivity contribution < 1.29 is 19.1 Å². The highest BCUT2D eigenvalue weighted by Gasteiger charge is 2.21. The number of aromatic amines is 1. The van der Waals surface area contributed by atoms with Crippen molar-refractivity contribution in [1.29, 1.82) is 0 Å². The van der Waals surface area contributed by atoms with E-state index in [1.54, 1.807) is 13.2 Å². The molecule has 0 saturated heterocycles. The van der Waals surface area contributed by atoms with Crippen LogP contribution in [0.2, 0.25) is 0 Å². The second kappa shape index (κ2) is 8.82. The van der Waals surface area contributed by atoms with Gasteiger partial charge >= 0.3 is 0 Å². The number of benzene rings is 1. The van der Waals surface area contributed by atoms with Crippen molar-refractivity contribution in [3.63, 3.8) is 0 Å². The number of aryl methyl sites for hydroxylation is 1. The van der Waals surface area contributed by atoms with Gasteiger partial charge in [-0.05, 0) is 30.7 Å². The first-order valence-corrected chi connectivity index (χ1v) is 9.39. The molecule has 10 heteroatoms. The Hall–Kier alpha value is -3.95. The van der Waals surface area contributed by atoms with Gasteiger partial charge in [-0.3, -0.25) is 14.4 Å². The van der Waals surface area contributed by atoms with Gasteiger partial charge in [-0.25, -0.2) is 9.37 Å². The number of hydrogen-bond donors (Lipinski definition) is 3. The van der Waals surface area contributed by atoms with Crippen molar-refractivity contribution in [3.05, 3.63) is 81.0 Å². The van der Waals surface area contributed by atoms with Gasteiger partial charge in [0, 0.05) is 20.6 Å². The third-order valence-electron chi connectivity index (χ3n) is 4.91. The van der Waals surface area contributed by atoms with Gasteiger partial charge < -0.3 is 24.9 Å². The van der Waals surface area contributed by atoms with Crippen LogP contribution in [0.5, 0.6) is 5.75 Å².